The number of rotatable bonds is 4. The van der Waals surface area contributed by atoms with E-state index in [2.05, 4.69) is 0 Å². The summed E-state index contributed by atoms with van der Waals surface area (Å²) in [5.74, 6) is -1.53. The molecule has 2 N–H and O–H groups in total. The van der Waals surface area contributed by atoms with Gasteiger partial charge in [0.05, 0.1) is 0 Å². The van der Waals surface area contributed by atoms with E-state index in [1.165, 1.54) is 0 Å². The second kappa shape index (κ2) is 3.92. The van der Waals surface area contributed by atoms with Gasteiger partial charge in [-0.25, -0.2) is 9.86 Å². The Bertz CT molecular complexity index is 157. The van der Waals surface area contributed by atoms with E-state index in [9.17, 15) is 9.59 Å². The first-order valence-electron chi connectivity index (χ1n) is 3.16. The molecular formula is C6H11NO4. The van der Waals surface area contributed by atoms with Crippen molar-refractivity contribution in [2.45, 2.75) is 19.9 Å². The van der Waals surface area contributed by atoms with Crippen LogP contribution in [0.25, 0.3) is 0 Å². The van der Waals surface area contributed by atoms with Gasteiger partial charge in [-0.2, -0.15) is 0 Å². The molecule has 0 aromatic heterocycles. The fourth-order valence-electron chi connectivity index (χ4n) is 0.769. The summed E-state index contributed by atoms with van der Waals surface area (Å²) in [6, 6.07) is -1.16. The summed E-state index contributed by atoms with van der Waals surface area (Å²) in [7, 11) is 0. The van der Waals surface area contributed by atoms with Crippen LogP contribution in [-0.4, -0.2) is 33.8 Å². The van der Waals surface area contributed by atoms with Crippen LogP contribution >= 0.6 is 0 Å². The molecule has 0 radical (unpaired) electrons. The van der Waals surface area contributed by atoms with E-state index in [1.54, 1.807) is 13.8 Å². The number of amides is 1. The number of carboxylic acids is 1. The molecular weight excluding hydrogens is 150 g/mol. The molecule has 0 fully saturated rings. The summed E-state index contributed by atoms with van der Waals surface area (Å²) in [4.78, 5) is 20.3. The zero-order valence-electron chi connectivity index (χ0n) is 6.39. The Labute approximate surface area is 64.2 Å². The predicted molar refractivity (Wildman–Crippen MR) is 36.0 cm³/mol. The third kappa shape index (κ3) is 2.55. The lowest BCUT2D eigenvalue weighted by molar-refractivity contribution is -0.179. The van der Waals surface area contributed by atoms with Gasteiger partial charge in [-0.15, -0.1) is 0 Å². The number of hydrogen-bond donors (Lipinski definition) is 2. The average Bonchev–Trinajstić information content (AvgIpc) is 1.85. The van der Waals surface area contributed by atoms with Crippen molar-refractivity contribution < 1.29 is 19.9 Å². The maximum Gasteiger partial charge on any atom is 0.329 e. The van der Waals surface area contributed by atoms with E-state index in [0.29, 0.717) is 0 Å². The molecule has 0 saturated heterocycles. The molecule has 64 valence electrons. The molecule has 0 saturated carbocycles. The van der Waals surface area contributed by atoms with E-state index in [0.717, 1.165) is 0 Å². The van der Waals surface area contributed by atoms with Crippen molar-refractivity contribution in [3.63, 3.8) is 0 Å². The van der Waals surface area contributed by atoms with Crippen LogP contribution in [0.3, 0.4) is 0 Å². The van der Waals surface area contributed by atoms with Crippen molar-refractivity contribution in [1.82, 2.24) is 5.06 Å². The highest BCUT2D eigenvalue weighted by molar-refractivity contribution is 5.75. The molecule has 0 aliphatic carbocycles. The van der Waals surface area contributed by atoms with Crippen molar-refractivity contribution >= 4 is 12.4 Å². The predicted octanol–water partition coefficient (Wildman–Crippen LogP) is -0.0568. The first-order chi connectivity index (χ1) is 5.00. The Hall–Kier alpha value is -1.10. The van der Waals surface area contributed by atoms with Gasteiger partial charge in [0.25, 0.3) is 0 Å². The molecule has 0 aromatic rings. The molecule has 1 amide bonds. The monoisotopic (exact) mass is 161 g/mol. The molecule has 5 heteroatoms. The molecule has 1 atom stereocenters. The van der Waals surface area contributed by atoms with Crippen molar-refractivity contribution in [2.24, 2.45) is 5.92 Å². The third-order valence-electron chi connectivity index (χ3n) is 1.28. The van der Waals surface area contributed by atoms with Crippen molar-refractivity contribution in [3.8, 4) is 0 Å². The van der Waals surface area contributed by atoms with E-state index < -0.39 is 12.0 Å². The minimum Gasteiger partial charge on any atom is -0.480 e. The number of carbonyl (C=O) groups is 2. The van der Waals surface area contributed by atoms with Crippen LogP contribution in [0, 0.1) is 5.92 Å². The molecule has 0 aromatic carbocycles. The summed E-state index contributed by atoms with van der Waals surface area (Å²) >= 11 is 0. The third-order valence-corrected chi connectivity index (χ3v) is 1.28. The van der Waals surface area contributed by atoms with Gasteiger partial charge in [0.15, 0.2) is 6.04 Å². The Balaban J connectivity index is 4.33. The molecule has 1 unspecified atom stereocenters. The van der Waals surface area contributed by atoms with Gasteiger partial charge in [-0.1, -0.05) is 13.8 Å². The van der Waals surface area contributed by atoms with E-state index >= 15 is 0 Å². The van der Waals surface area contributed by atoms with Crippen LogP contribution in [0.15, 0.2) is 0 Å². The normalized spacial score (nSPS) is 12.7. The topological polar surface area (TPSA) is 77.8 Å². The molecule has 0 aliphatic rings. The van der Waals surface area contributed by atoms with Gasteiger partial charge in [-0.3, -0.25) is 10.0 Å². The molecule has 0 aliphatic heterocycles. The van der Waals surface area contributed by atoms with Gasteiger partial charge >= 0.3 is 5.97 Å². The number of hydroxylamine groups is 2. The molecule has 5 nitrogen and oxygen atoms in total. The second-order valence-corrected chi connectivity index (χ2v) is 2.51. The fraction of sp³-hybridized carbons (Fsp3) is 0.667. The Morgan fingerprint density at radius 3 is 2.09 bits per heavy atom. The van der Waals surface area contributed by atoms with Crippen LogP contribution in [0.2, 0.25) is 0 Å². The second-order valence-electron chi connectivity index (χ2n) is 2.51. The zero-order chi connectivity index (χ0) is 9.02. The first kappa shape index (κ1) is 9.90. The number of hydrogen-bond acceptors (Lipinski definition) is 3. The lowest BCUT2D eigenvalue weighted by atomic mass is 10.1. The molecule has 0 heterocycles. The number of carboxylic acid groups (broad SMARTS) is 1. The largest absolute Gasteiger partial charge is 0.480 e. The summed E-state index contributed by atoms with van der Waals surface area (Å²) in [5.41, 5.74) is 0. The quantitative estimate of drug-likeness (QED) is 0.344. The fourth-order valence-corrected chi connectivity index (χ4v) is 0.769. The van der Waals surface area contributed by atoms with Gasteiger partial charge in [0.1, 0.15) is 0 Å². The highest BCUT2D eigenvalue weighted by Gasteiger charge is 2.26. The van der Waals surface area contributed by atoms with Gasteiger partial charge in [-0.05, 0) is 5.92 Å². The Kier molecular flexibility index (Phi) is 3.53. The maximum absolute atomic E-state index is 10.4. The molecule has 0 bridgehead atoms. The molecule has 0 spiro atoms. The van der Waals surface area contributed by atoms with Gasteiger partial charge in [0.2, 0.25) is 6.41 Å². The Morgan fingerprint density at radius 1 is 1.55 bits per heavy atom. The number of carbonyl (C=O) groups excluding carboxylic acids is 1. The molecule has 0 rings (SSSR count). The summed E-state index contributed by atoms with van der Waals surface area (Å²) < 4.78 is 0. The maximum atomic E-state index is 10.4. The minimum absolute atomic E-state index is 0.0821. The van der Waals surface area contributed by atoms with Gasteiger partial charge < -0.3 is 5.11 Å². The van der Waals surface area contributed by atoms with Crippen LogP contribution in [0.1, 0.15) is 13.8 Å². The zero-order valence-corrected chi connectivity index (χ0v) is 6.39. The minimum atomic E-state index is -1.21. The summed E-state index contributed by atoms with van der Waals surface area (Å²) in [6.45, 7) is 3.21. The number of nitrogens with zero attached hydrogens (tertiary/aromatic N) is 1. The van der Waals surface area contributed by atoms with E-state index in [-0.39, 0.29) is 17.4 Å². The van der Waals surface area contributed by atoms with Crippen LogP contribution in [0.4, 0.5) is 0 Å². The standard InChI is InChI=1S/C6H11NO4/c1-4(2)5(6(9)10)7(11)3-8/h3-5,11H,1-2H3,(H,9,10). The summed E-state index contributed by atoms with van der Waals surface area (Å²) in [6.07, 6.45) is 0.0821. The Morgan fingerprint density at radius 2 is 2.00 bits per heavy atom. The highest BCUT2D eigenvalue weighted by atomic mass is 16.5. The smallest absolute Gasteiger partial charge is 0.329 e. The van der Waals surface area contributed by atoms with Gasteiger partial charge in [0, 0.05) is 0 Å². The lowest BCUT2D eigenvalue weighted by Gasteiger charge is -2.21. The van der Waals surface area contributed by atoms with E-state index in [1.807, 2.05) is 0 Å². The highest BCUT2D eigenvalue weighted by Crippen LogP contribution is 2.06. The van der Waals surface area contributed by atoms with Crippen molar-refractivity contribution in [1.29, 1.82) is 0 Å². The van der Waals surface area contributed by atoms with Crippen LogP contribution in [-0.2, 0) is 9.59 Å². The molecule has 11 heavy (non-hydrogen) atoms. The lowest BCUT2D eigenvalue weighted by Crippen LogP contribution is -2.41. The SMILES string of the molecule is CC(C)C(C(=O)O)N(O)C=O. The van der Waals surface area contributed by atoms with Crippen molar-refractivity contribution in [2.75, 3.05) is 0 Å². The van der Waals surface area contributed by atoms with Crippen LogP contribution in [0.5, 0.6) is 0 Å². The van der Waals surface area contributed by atoms with Crippen molar-refractivity contribution in [3.05, 3.63) is 0 Å². The first-order valence-corrected chi connectivity index (χ1v) is 3.16. The summed E-state index contributed by atoms with van der Waals surface area (Å²) in [5, 5.41) is 17.4. The average molecular weight is 161 g/mol. The van der Waals surface area contributed by atoms with E-state index in [4.69, 9.17) is 10.3 Å². The van der Waals surface area contributed by atoms with Crippen LogP contribution < -0.4 is 0 Å². The number of aliphatic carboxylic acids is 1.